The number of halogens is 1. The minimum atomic E-state index is -0.00956. The van der Waals surface area contributed by atoms with Gasteiger partial charge in [-0.15, -0.1) is 0 Å². The van der Waals surface area contributed by atoms with Crippen LogP contribution in [0.3, 0.4) is 0 Å². The molecule has 0 saturated heterocycles. The summed E-state index contributed by atoms with van der Waals surface area (Å²) in [7, 11) is 0. The highest BCUT2D eigenvalue weighted by Crippen LogP contribution is 2.38. The lowest BCUT2D eigenvalue weighted by molar-refractivity contribution is 0.0699. The first kappa shape index (κ1) is 20.9. The number of pyridine rings is 1. The highest BCUT2D eigenvalue weighted by molar-refractivity contribution is 6.29. The Kier molecular flexibility index (Phi) is 5.85. The van der Waals surface area contributed by atoms with Crippen LogP contribution in [0.1, 0.15) is 53.4 Å². The zero-order valence-electron chi connectivity index (χ0n) is 18.0. The van der Waals surface area contributed by atoms with Crippen LogP contribution in [0.15, 0.2) is 42.2 Å². The Labute approximate surface area is 183 Å². The molecule has 1 amide bonds. The fraction of sp³-hybridized carbons (Fsp3) is 0.417. The van der Waals surface area contributed by atoms with Gasteiger partial charge in [0.05, 0.1) is 12.2 Å². The Balaban J connectivity index is 1.46. The quantitative estimate of drug-likeness (QED) is 0.616. The van der Waals surface area contributed by atoms with Crippen LogP contribution in [0.4, 0.5) is 0 Å². The van der Waals surface area contributed by atoms with Gasteiger partial charge in [0.1, 0.15) is 10.9 Å². The smallest absolute Gasteiger partial charge is 0.259 e. The molecule has 5 nitrogen and oxygen atoms in total. The molecule has 2 atom stereocenters. The van der Waals surface area contributed by atoms with Crippen molar-refractivity contribution < 1.29 is 9.53 Å². The summed E-state index contributed by atoms with van der Waals surface area (Å²) in [5, 5.41) is 0.394. The molecular weight excluding hydrogens is 398 g/mol. The lowest BCUT2D eigenvalue weighted by Gasteiger charge is -2.38. The second kappa shape index (κ2) is 8.40. The fourth-order valence-corrected chi connectivity index (χ4v) is 4.54. The Hall–Kier alpha value is -2.37. The molecule has 6 heteroatoms. The Morgan fingerprint density at radius 2 is 2.07 bits per heavy atom. The van der Waals surface area contributed by atoms with Crippen molar-refractivity contribution in [2.45, 2.75) is 46.2 Å². The second-order valence-corrected chi connectivity index (χ2v) is 8.50. The van der Waals surface area contributed by atoms with Gasteiger partial charge in [-0.05, 0) is 68.2 Å². The highest BCUT2D eigenvalue weighted by atomic mass is 35.5. The number of benzene rings is 1. The average molecular weight is 426 g/mol. The van der Waals surface area contributed by atoms with Crippen molar-refractivity contribution in [3.63, 3.8) is 0 Å². The standard InChI is InChI=1S/C24H28ClN3O2/c1-5-10-30-22-8-7-21(15(2)16(22)3)17(4)27-13-20-11-19(27)14-28(20)24(29)18-6-9-23(25)26-12-18/h6-9,11-12,17,19H,5,10,13-14H2,1-4H3/t17-,19-/m0/s1. The number of carbonyl (C=O) groups is 1. The summed E-state index contributed by atoms with van der Waals surface area (Å²) < 4.78 is 5.88. The number of carbonyl (C=O) groups excluding carboxylic acids is 1. The largest absolute Gasteiger partial charge is 0.493 e. The van der Waals surface area contributed by atoms with Crippen molar-refractivity contribution in [3.8, 4) is 5.75 Å². The maximum Gasteiger partial charge on any atom is 0.259 e. The molecular formula is C24H28ClN3O2. The van der Waals surface area contributed by atoms with E-state index in [2.05, 4.69) is 55.8 Å². The summed E-state index contributed by atoms with van der Waals surface area (Å²) in [6.45, 7) is 10.9. The molecule has 1 aromatic heterocycles. The number of rotatable bonds is 6. The molecule has 0 N–H and O–H groups in total. The molecule has 4 rings (SSSR count). The summed E-state index contributed by atoms with van der Waals surface area (Å²) in [6.07, 6.45) is 4.77. The predicted octanol–water partition coefficient (Wildman–Crippen LogP) is 4.93. The van der Waals surface area contributed by atoms with E-state index in [1.807, 2.05) is 4.90 Å². The van der Waals surface area contributed by atoms with E-state index in [-0.39, 0.29) is 18.0 Å². The number of aromatic nitrogens is 1. The normalized spacial score (nSPS) is 19.2. The third-order valence-corrected chi connectivity index (χ3v) is 6.50. The fourth-order valence-electron chi connectivity index (χ4n) is 4.42. The monoisotopic (exact) mass is 425 g/mol. The van der Waals surface area contributed by atoms with Crippen molar-refractivity contribution in [1.82, 2.24) is 14.8 Å². The van der Waals surface area contributed by atoms with Crippen molar-refractivity contribution >= 4 is 17.5 Å². The van der Waals surface area contributed by atoms with Crippen LogP contribution in [0.2, 0.25) is 5.15 Å². The average Bonchev–Trinajstić information content (AvgIpc) is 3.35. The molecule has 2 aromatic rings. The van der Waals surface area contributed by atoms with E-state index in [1.54, 1.807) is 18.3 Å². The number of hydrogen-bond donors (Lipinski definition) is 0. The summed E-state index contributed by atoms with van der Waals surface area (Å²) in [6, 6.07) is 8.17. The van der Waals surface area contributed by atoms with E-state index in [4.69, 9.17) is 16.3 Å². The van der Waals surface area contributed by atoms with E-state index in [1.165, 1.54) is 16.7 Å². The van der Waals surface area contributed by atoms with Gasteiger partial charge < -0.3 is 9.64 Å². The molecule has 158 valence electrons. The van der Waals surface area contributed by atoms with E-state index < -0.39 is 0 Å². The van der Waals surface area contributed by atoms with Crippen LogP contribution < -0.4 is 4.74 Å². The van der Waals surface area contributed by atoms with E-state index in [0.717, 1.165) is 31.0 Å². The Morgan fingerprint density at radius 3 is 2.70 bits per heavy atom. The van der Waals surface area contributed by atoms with Crippen LogP contribution in [0.25, 0.3) is 0 Å². The third kappa shape index (κ3) is 3.72. The summed E-state index contributed by atoms with van der Waals surface area (Å²) in [4.78, 5) is 21.3. The van der Waals surface area contributed by atoms with Gasteiger partial charge in [-0.1, -0.05) is 24.6 Å². The summed E-state index contributed by atoms with van der Waals surface area (Å²) in [5.74, 6) is 0.965. The maximum atomic E-state index is 12.9. The lowest BCUT2D eigenvalue weighted by Crippen LogP contribution is -2.47. The van der Waals surface area contributed by atoms with Crippen LogP contribution >= 0.6 is 11.6 Å². The molecule has 0 saturated carbocycles. The zero-order valence-corrected chi connectivity index (χ0v) is 18.7. The SMILES string of the molecule is CCCOc1ccc([C@H](C)N2CC3=C[C@H]2CN3C(=O)c2ccc(Cl)nc2)c(C)c1C. The molecule has 0 aliphatic carbocycles. The molecule has 0 radical (unpaired) electrons. The topological polar surface area (TPSA) is 45.7 Å². The third-order valence-electron chi connectivity index (χ3n) is 6.28. The molecule has 2 bridgehead atoms. The van der Waals surface area contributed by atoms with Crippen molar-refractivity contribution in [3.05, 3.63) is 69.6 Å². The number of nitrogens with zero attached hydrogens (tertiary/aromatic N) is 3. The zero-order chi connectivity index (χ0) is 21.4. The van der Waals surface area contributed by atoms with Crippen molar-refractivity contribution in [1.29, 1.82) is 0 Å². The molecule has 0 unspecified atom stereocenters. The maximum absolute atomic E-state index is 12.9. The first-order valence-corrected chi connectivity index (χ1v) is 10.9. The van der Waals surface area contributed by atoms with Gasteiger partial charge in [-0.25, -0.2) is 4.98 Å². The van der Waals surface area contributed by atoms with Gasteiger partial charge in [0, 0.05) is 37.1 Å². The van der Waals surface area contributed by atoms with Gasteiger partial charge in [0.2, 0.25) is 0 Å². The number of fused-ring (bicyclic) bond motifs is 1. The molecule has 0 fully saturated rings. The minimum Gasteiger partial charge on any atom is -0.493 e. The van der Waals surface area contributed by atoms with Gasteiger partial charge >= 0.3 is 0 Å². The second-order valence-electron chi connectivity index (χ2n) is 8.11. The van der Waals surface area contributed by atoms with E-state index in [0.29, 0.717) is 17.3 Å². The molecule has 3 heterocycles. The van der Waals surface area contributed by atoms with Gasteiger partial charge in [0.15, 0.2) is 0 Å². The molecule has 30 heavy (non-hydrogen) atoms. The number of amides is 1. The van der Waals surface area contributed by atoms with Gasteiger partial charge in [-0.2, -0.15) is 0 Å². The van der Waals surface area contributed by atoms with Gasteiger partial charge in [0.25, 0.3) is 5.91 Å². The molecule has 1 aromatic carbocycles. The number of ether oxygens (including phenoxy) is 1. The number of hydrogen-bond acceptors (Lipinski definition) is 4. The van der Waals surface area contributed by atoms with Crippen LogP contribution in [-0.2, 0) is 0 Å². The molecule has 0 spiro atoms. The van der Waals surface area contributed by atoms with Crippen LogP contribution in [0, 0.1) is 13.8 Å². The van der Waals surface area contributed by atoms with Crippen molar-refractivity contribution in [2.75, 3.05) is 19.7 Å². The minimum absolute atomic E-state index is 0.00956. The van der Waals surface area contributed by atoms with E-state index in [9.17, 15) is 4.79 Å². The van der Waals surface area contributed by atoms with E-state index >= 15 is 0 Å². The Morgan fingerprint density at radius 1 is 1.27 bits per heavy atom. The Bertz CT molecular complexity index is 987. The highest BCUT2D eigenvalue weighted by Gasteiger charge is 2.41. The molecule has 2 aliphatic rings. The number of piperazine rings is 1. The summed E-state index contributed by atoms with van der Waals surface area (Å²) >= 11 is 5.85. The predicted molar refractivity (Wildman–Crippen MR) is 119 cm³/mol. The van der Waals surface area contributed by atoms with Crippen LogP contribution in [-0.4, -0.2) is 46.4 Å². The van der Waals surface area contributed by atoms with Crippen molar-refractivity contribution in [2.24, 2.45) is 0 Å². The van der Waals surface area contributed by atoms with Gasteiger partial charge in [-0.3, -0.25) is 9.69 Å². The summed E-state index contributed by atoms with van der Waals surface area (Å²) in [5.41, 5.74) is 5.45. The first-order valence-electron chi connectivity index (χ1n) is 10.5. The lowest BCUT2D eigenvalue weighted by atomic mass is 9.96. The molecule has 2 aliphatic heterocycles. The van der Waals surface area contributed by atoms with Crippen LogP contribution in [0.5, 0.6) is 5.75 Å². The first-order chi connectivity index (χ1) is 14.4.